The average Bonchev–Trinajstić information content (AvgIpc) is 3.25. The zero-order chi connectivity index (χ0) is 20.3. The molecule has 6 heteroatoms. The van der Waals surface area contributed by atoms with E-state index in [1.54, 1.807) is 6.21 Å². The predicted octanol–water partition coefficient (Wildman–Crippen LogP) is 4.65. The normalized spacial score (nSPS) is 15.3. The summed E-state index contributed by atoms with van der Waals surface area (Å²) in [5.41, 5.74) is 9.41. The van der Waals surface area contributed by atoms with Crippen molar-refractivity contribution < 1.29 is 4.74 Å². The van der Waals surface area contributed by atoms with Gasteiger partial charge in [0, 0.05) is 17.9 Å². The number of ether oxygens (including phenoxy) is 1. The zero-order valence-corrected chi connectivity index (χ0v) is 17.9. The molecule has 5 nitrogen and oxygen atoms in total. The Hall–Kier alpha value is -2.31. The zero-order valence-electron chi connectivity index (χ0n) is 17.1. The van der Waals surface area contributed by atoms with E-state index in [2.05, 4.69) is 40.2 Å². The molecule has 0 unspecified atom stereocenters. The number of amidine groups is 1. The Kier molecular flexibility index (Phi) is 8.58. The summed E-state index contributed by atoms with van der Waals surface area (Å²) >= 11 is 1.49. The quantitative estimate of drug-likeness (QED) is 0.371. The van der Waals surface area contributed by atoms with Crippen molar-refractivity contribution in [2.45, 2.75) is 38.5 Å². The summed E-state index contributed by atoms with van der Waals surface area (Å²) < 4.78 is 5.95. The average molecular weight is 411 g/mol. The second-order valence-electron chi connectivity index (χ2n) is 7.16. The number of nitrogens with two attached hydrogens (primary N) is 1. The molecule has 0 saturated carbocycles. The smallest absolute Gasteiger partial charge is 0.180 e. The van der Waals surface area contributed by atoms with Crippen molar-refractivity contribution in [3.8, 4) is 5.75 Å². The van der Waals surface area contributed by atoms with Gasteiger partial charge in [0.05, 0.1) is 12.8 Å². The van der Waals surface area contributed by atoms with Gasteiger partial charge in [-0.25, -0.2) is 0 Å². The minimum Gasteiger partial charge on any atom is -0.493 e. The number of hydrogen-bond donors (Lipinski definition) is 1. The maximum Gasteiger partial charge on any atom is 0.180 e. The SMILES string of the molecule is CCCOc1ccc(C=NN=C(N)SCc2ccccc2)cc1CN1CCCC1. The first kappa shape index (κ1) is 21.4. The van der Waals surface area contributed by atoms with Crippen LogP contribution in [0.5, 0.6) is 5.75 Å². The molecule has 1 aliphatic heterocycles. The third-order valence-corrected chi connectivity index (χ3v) is 5.59. The second-order valence-corrected chi connectivity index (χ2v) is 8.15. The van der Waals surface area contributed by atoms with Crippen LogP contribution in [0.2, 0.25) is 0 Å². The van der Waals surface area contributed by atoms with E-state index in [1.165, 1.54) is 35.7 Å². The molecule has 0 radical (unpaired) electrons. The van der Waals surface area contributed by atoms with E-state index in [4.69, 9.17) is 10.5 Å². The van der Waals surface area contributed by atoms with Gasteiger partial charge < -0.3 is 10.5 Å². The van der Waals surface area contributed by atoms with Gasteiger partial charge in [-0.2, -0.15) is 5.10 Å². The number of benzene rings is 2. The van der Waals surface area contributed by atoms with Crippen molar-refractivity contribution in [3.05, 3.63) is 65.2 Å². The molecular weight excluding hydrogens is 380 g/mol. The highest BCUT2D eigenvalue weighted by Gasteiger charge is 2.14. The number of hydrogen-bond acceptors (Lipinski definition) is 5. The van der Waals surface area contributed by atoms with Gasteiger partial charge in [0.2, 0.25) is 0 Å². The van der Waals surface area contributed by atoms with Crippen LogP contribution in [0.15, 0.2) is 58.7 Å². The summed E-state index contributed by atoms with van der Waals surface area (Å²) in [7, 11) is 0. The van der Waals surface area contributed by atoms with E-state index in [1.807, 2.05) is 30.3 Å². The molecule has 0 atom stereocenters. The lowest BCUT2D eigenvalue weighted by Gasteiger charge is -2.18. The Labute approximate surface area is 178 Å². The molecule has 1 aliphatic rings. The van der Waals surface area contributed by atoms with E-state index in [0.29, 0.717) is 5.17 Å². The first-order valence-corrected chi connectivity index (χ1v) is 11.2. The number of nitrogens with zero attached hydrogens (tertiary/aromatic N) is 3. The Balaban J connectivity index is 1.62. The van der Waals surface area contributed by atoms with E-state index in [9.17, 15) is 0 Å². The fraction of sp³-hybridized carbons (Fsp3) is 0.391. The molecule has 0 spiro atoms. The fourth-order valence-electron chi connectivity index (χ4n) is 3.25. The molecule has 0 aliphatic carbocycles. The predicted molar refractivity (Wildman–Crippen MR) is 124 cm³/mol. The first-order valence-electron chi connectivity index (χ1n) is 10.3. The van der Waals surface area contributed by atoms with Crippen LogP contribution in [0.3, 0.4) is 0 Å². The molecule has 1 fully saturated rings. The van der Waals surface area contributed by atoms with E-state index >= 15 is 0 Å². The Morgan fingerprint density at radius 2 is 1.97 bits per heavy atom. The summed E-state index contributed by atoms with van der Waals surface area (Å²) in [5, 5.41) is 8.77. The molecule has 1 saturated heterocycles. The van der Waals surface area contributed by atoms with Gasteiger partial charge in [-0.1, -0.05) is 49.0 Å². The largest absolute Gasteiger partial charge is 0.493 e. The van der Waals surface area contributed by atoms with Gasteiger partial charge in [0.15, 0.2) is 5.17 Å². The number of thioether (sulfide) groups is 1. The molecule has 0 bridgehead atoms. The van der Waals surface area contributed by atoms with Crippen LogP contribution >= 0.6 is 11.8 Å². The highest BCUT2D eigenvalue weighted by molar-refractivity contribution is 8.13. The Bertz CT molecular complexity index is 817. The minimum atomic E-state index is 0.463. The molecule has 2 N–H and O–H groups in total. The monoisotopic (exact) mass is 410 g/mol. The molecule has 2 aromatic carbocycles. The molecule has 1 heterocycles. The summed E-state index contributed by atoms with van der Waals surface area (Å²) in [6, 6.07) is 16.4. The van der Waals surface area contributed by atoms with Crippen molar-refractivity contribution in [2.75, 3.05) is 19.7 Å². The van der Waals surface area contributed by atoms with Gasteiger partial charge in [0.25, 0.3) is 0 Å². The summed E-state index contributed by atoms with van der Waals surface area (Å²) in [4.78, 5) is 2.48. The van der Waals surface area contributed by atoms with Gasteiger partial charge in [-0.05, 0) is 61.7 Å². The maximum absolute atomic E-state index is 5.98. The van der Waals surface area contributed by atoms with Crippen LogP contribution in [0.25, 0.3) is 0 Å². The van der Waals surface area contributed by atoms with Crippen LogP contribution in [0, 0.1) is 0 Å². The highest BCUT2D eigenvalue weighted by atomic mass is 32.2. The van der Waals surface area contributed by atoms with Crippen molar-refractivity contribution >= 4 is 23.1 Å². The third kappa shape index (κ3) is 7.22. The van der Waals surface area contributed by atoms with Crippen LogP contribution in [0.1, 0.15) is 42.9 Å². The molecular formula is C23H30N4OS. The van der Waals surface area contributed by atoms with Gasteiger partial charge in [-0.15, -0.1) is 5.10 Å². The summed E-state index contributed by atoms with van der Waals surface area (Å²) in [5.74, 6) is 1.76. The third-order valence-electron chi connectivity index (χ3n) is 4.73. The Morgan fingerprint density at radius 1 is 1.17 bits per heavy atom. The van der Waals surface area contributed by atoms with E-state index < -0.39 is 0 Å². The fourth-order valence-corrected chi connectivity index (χ4v) is 3.86. The second kappa shape index (κ2) is 11.6. The lowest BCUT2D eigenvalue weighted by molar-refractivity contribution is 0.293. The number of likely N-dealkylation sites (tertiary alicyclic amines) is 1. The lowest BCUT2D eigenvalue weighted by atomic mass is 10.1. The highest BCUT2D eigenvalue weighted by Crippen LogP contribution is 2.23. The van der Waals surface area contributed by atoms with E-state index in [0.717, 1.165) is 49.7 Å². The Morgan fingerprint density at radius 3 is 2.72 bits per heavy atom. The molecule has 3 rings (SSSR count). The van der Waals surface area contributed by atoms with Crippen LogP contribution in [0.4, 0.5) is 0 Å². The molecule has 29 heavy (non-hydrogen) atoms. The molecule has 2 aromatic rings. The minimum absolute atomic E-state index is 0.463. The van der Waals surface area contributed by atoms with Crippen molar-refractivity contribution in [1.82, 2.24) is 4.90 Å². The van der Waals surface area contributed by atoms with Crippen LogP contribution in [-0.4, -0.2) is 36.0 Å². The molecule has 0 aromatic heterocycles. The summed E-state index contributed by atoms with van der Waals surface area (Å²) in [6.45, 7) is 6.09. The van der Waals surface area contributed by atoms with Gasteiger partial charge >= 0.3 is 0 Å². The van der Waals surface area contributed by atoms with Crippen molar-refractivity contribution in [3.63, 3.8) is 0 Å². The van der Waals surface area contributed by atoms with Gasteiger partial charge in [0.1, 0.15) is 5.75 Å². The summed E-state index contributed by atoms with van der Waals surface area (Å²) in [6.07, 6.45) is 5.32. The standard InChI is InChI=1S/C23H30N4OS/c1-2-14-28-22-11-10-20(15-21(22)17-27-12-6-7-13-27)16-25-26-23(24)29-18-19-8-4-3-5-9-19/h3-5,8-11,15-16H,2,6-7,12-14,17-18H2,1H3,(H2,24,26). The first-order chi connectivity index (χ1) is 14.2. The van der Waals surface area contributed by atoms with Crippen LogP contribution in [-0.2, 0) is 12.3 Å². The maximum atomic E-state index is 5.98. The van der Waals surface area contributed by atoms with Crippen molar-refractivity contribution in [1.29, 1.82) is 0 Å². The van der Waals surface area contributed by atoms with Crippen molar-refractivity contribution in [2.24, 2.45) is 15.9 Å². The molecule has 0 amide bonds. The lowest BCUT2D eigenvalue weighted by Crippen LogP contribution is -2.19. The van der Waals surface area contributed by atoms with Crippen LogP contribution < -0.4 is 10.5 Å². The van der Waals surface area contributed by atoms with E-state index in [-0.39, 0.29) is 0 Å². The number of rotatable bonds is 9. The topological polar surface area (TPSA) is 63.2 Å². The molecule has 154 valence electrons. The van der Waals surface area contributed by atoms with Gasteiger partial charge in [-0.3, -0.25) is 4.90 Å².